The van der Waals surface area contributed by atoms with Crippen LogP contribution in [0.1, 0.15) is 44.0 Å². The molecule has 0 amide bonds. The van der Waals surface area contributed by atoms with Crippen molar-refractivity contribution < 1.29 is 13.7 Å². The Labute approximate surface area is 188 Å². The van der Waals surface area contributed by atoms with Crippen LogP contribution in [0.3, 0.4) is 0 Å². The average molecular weight is 448 g/mol. The predicted molar refractivity (Wildman–Crippen MR) is 116 cm³/mol. The summed E-state index contributed by atoms with van der Waals surface area (Å²) in [6.45, 7) is 5.48. The highest BCUT2D eigenvalue weighted by Gasteiger charge is 2.26. The minimum Gasteiger partial charge on any atom is -0.474 e. The summed E-state index contributed by atoms with van der Waals surface area (Å²) in [7, 11) is 0. The van der Waals surface area contributed by atoms with Crippen molar-refractivity contribution >= 4 is 17.0 Å². The molecule has 11 heteroatoms. The van der Waals surface area contributed by atoms with Crippen molar-refractivity contribution in [3.63, 3.8) is 0 Å². The molecule has 1 aliphatic heterocycles. The van der Waals surface area contributed by atoms with Gasteiger partial charge in [-0.3, -0.25) is 0 Å². The van der Waals surface area contributed by atoms with Gasteiger partial charge in [-0.2, -0.15) is 15.3 Å². The van der Waals surface area contributed by atoms with Gasteiger partial charge < -0.3 is 14.2 Å². The normalized spacial score (nSPS) is 14.7. The molecule has 0 spiro atoms. The summed E-state index contributed by atoms with van der Waals surface area (Å²) in [6.07, 6.45) is 4.38. The van der Waals surface area contributed by atoms with Crippen molar-refractivity contribution in [1.29, 1.82) is 5.26 Å². The second-order valence-corrected chi connectivity index (χ2v) is 8.14. The molecule has 0 bridgehead atoms. The van der Waals surface area contributed by atoms with E-state index in [-0.39, 0.29) is 23.3 Å². The topological polar surface area (TPSA) is 119 Å². The summed E-state index contributed by atoms with van der Waals surface area (Å²) in [5.74, 6) is 0.748. The lowest BCUT2D eigenvalue weighted by Gasteiger charge is -2.30. The molecule has 0 saturated carbocycles. The summed E-state index contributed by atoms with van der Waals surface area (Å²) >= 11 is 0. The summed E-state index contributed by atoms with van der Waals surface area (Å²) in [5, 5.41) is 17.9. The quantitative estimate of drug-likeness (QED) is 0.452. The van der Waals surface area contributed by atoms with Crippen LogP contribution in [-0.2, 0) is 0 Å². The fraction of sp³-hybridized carbons (Fsp3) is 0.364. The van der Waals surface area contributed by atoms with E-state index in [9.17, 15) is 4.39 Å². The monoisotopic (exact) mass is 448 g/mol. The number of aromatic nitrogens is 6. The molecule has 5 rings (SSSR count). The fourth-order valence-electron chi connectivity index (χ4n) is 3.75. The Balaban J connectivity index is 1.32. The SMILES string of the molecule is CC(C)c1noc(N2CCC(Oc3ncnc4c3cnn4-c3ccc(C#N)cc3F)CC2)n1. The fourth-order valence-corrected chi connectivity index (χ4v) is 3.75. The van der Waals surface area contributed by atoms with Crippen LogP contribution in [0, 0.1) is 17.1 Å². The lowest BCUT2D eigenvalue weighted by Crippen LogP contribution is -2.38. The average Bonchev–Trinajstić information content (AvgIpc) is 3.48. The van der Waals surface area contributed by atoms with Crippen LogP contribution >= 0.6 is 0 Å². The van der Waals surface area contributed by atoms with Crippen LogP contribution in [0.15, 0.2) is 35.2 Å². The van der Waals surface area contributed by atoms with Crippen LogP contribution in [0.2, 0.25) is 0 Å². The van der Waals surface area contributed by atoms with Crippen LogP contribution in [0.5, 0.6) is 5.88 Å². The maximum Gasteiger partial charge on any atom is 0.324 e. The number of hydrogen-bond donors (Lipinski definition) is 0. The van der Waals surface area contributed by atoms with E-state index in [2.05, 4.69) is 30.1 Å². The molecule has 0 N–H and O–H groups in total. The van der Waals surface area contributed by atoms with Gasteiger partial charge in [0, 0.05) is 31.8 Å². The number of anilines is 1. The lowest BCUT2D eigenvalue weighted by molar-refractivity contribution is 0.164. The molecule has 168 valence electrons. The molecule has 33 heavy (non-hydrogen) atoms. The summed E-state index contributed by atoms with van der Waals surface area (Å²) in [4.78, 5) is 15.1. The van der Waals surface area contributed by atoms with Crippen molar-refractivity contribution in [2.24, 2.45) is 0 Å². The maximum absolute atomic E-state index is 14.5. The van der Waals surface area contributed by atoms with Crippen molar-refractivity contribution in [2.45, 2.75) is 38.7 Å². The first-order valence-corrected chi connectivity index (χ1v) is 10.7. The van der Waals surface area contributed by atoms with Crippen LogP contribution in [0.25, 0.3) is 16.7 Å². The molecule has 1 aromatic carbocycles. The molecule has 4 aromatic rings. The summed E-state index contributed by atoms with van der Waals surface area (Å²) in [6, 6.07) is 6.66. The molecule has 4 heterocycles. The van der Waals surface area contributed by atoms with Crippen molar-refractivity contribution in [1.82, 2.24) is 29.9 Å². The van der Waals surface area contributed by atoms with Gasteiger partial charge in [0.2, 0.25) is 5.88 Å². The van der Waals surface area contributed by atoms with E-state index in [4.69, 9.17) is 14.5 Å². The molecule has 0 unspecified atom stereocenters. The second kappa shape index (κ2) is 8.46. The zero-order chi connectivity index (χ0) is 22.9. The number of hydrogen-bond acceptors (Lipinski definition) is 9. The molecular formula is C22H21FN8O2. The van der Waals surface area contributed by atoms with Gasteiger partial charge in [-0.15, -0.1) is 0 Å². The first-order valence-electron chi connectivity index (χ1n) is 10.7. The van der Waals surface area contributed by atoms with E-state index in [1.165, 1.54) is 29.2 Å². The minimum atomic E-state index is -0.561. The number of fused-ring (bicyclic) bond motifs is 1. The summed E-state index contributed by atoms with van der Waals surface area (Å²) in [5.41, 5.74) is 0.856. The highest BCUT2D eigenvalue weighted by Crippen LogP contribution is 2.28. The zero-order valence-corrected chi connectivity index (χ0v) is 18.1. The molecule has 1 aliphatic rings. The number of nitrogens with zero attached hydrogens (tertiary/aromatic N) is 8. The van der Waals surface area contributed by atoms with Gasteiger partial charge in [0.15, 0.2) is 11.5 Å². The van der Waals surface area contributed by atoms with Gasteiger partial charge in [0.25, 0.3) is 0 Å². The van der Waals surface area contributed by atoms with Gasteiger partial charge in [-0.25, -0.2) is 19.0 Å². The Bertz CT molecular complexity index is 1330. The molecule has 10 nitrogen and oxygen atoms in total. The maximum atomic E-state index is 14.5. The number of ether oxygens (including phenoxy) is 1. The largest absolute Gasteiger partial charge is 0.474 e. The lowest BCUT2D eigenvalue weighted by atomic mass is 10.1. The molecule has 0 aliphatic carbocycles. The highest BCUT2D eigenvalue weighted by molar-refractivity contribution is 5.81. The zero-order valence-electron chi connectivity index (χ0n) is 18.1. The third-order valence-corrected chi connectivity index (χ3v) is 5.57. The first kappa shape index (κ1) is 20.8. The minimum absolute atomic E-state index is 0.0539. The second-order valence-electron chi connectivity index (χ2n) is 8.14. The Morgan fingerprint density at radius 2 is 2.06 bits per heavy atom. The van der Waals surface area contributed by atoms with Crippen LogP contribution in [-0.4, -0.2) is 49.1 Å². The molecule has 0 atom stereocenters. The van der Waals surface area contributed by atoms with E-state index >= 15 is 0 Å². The van der Waals surface area contributed by atoms with Crippen molar-refractivity contribution in [3.8, 4) is 17.6 Å². The van der Waals surface area contributed by atoms with Gasteiger partial charge in [0.1, 0.15) is 29.3 Å². The predicted octanol–water partition coefficient (Wildman–Crippen LogP) is 3.38. The first-order chi connectivity index (χ1) is 16.0. The van der Waals surface area contributed by atoms with Gasteiger partial charge in [-0.1, -0.05) is 19.0 Å². The number of halogens is 1. The van der Waals surface area contributed by atoms with E-state index < -0.39 is 5.82 Å². The molecule has 1 saturated heterocycles. The smallest absolute Gasteiger partial charge is 0.324 e. The molecular weight excluding hydrogens is 427 g/mol. The Morgan fingerprint density at radius 3 is 2.76 bits per heavy atom. The van der Waals surface area contributed by atoms with E-state index in [1.807, 2.05) is 19.9 Å². The standard InChI is InChI=1S/C22H21FN8O2/c1-13(2)19-28-22(33-29-19)30-7-5-15(6-8-30)32-21-16-11-27-31(20(16)25-12-26-21)18-4-3-14(10-24)9-17(18)23/h3-4,9,11-13,15H,5-8H2,1-2H3. The van der Waals surface area contributed by atoms with Crippen molar-refractivity contribution in [3.05, 3.63) is 47.9 Å². The van der Waals surface area contributed by atoms with E-state index in [1.54, 1.807) is 6.20 Å². The Hall–Kier alpha value is -4.07. The van der Waals surface area contributed by atoms with Gasteiger partial charge in [0.05, 0.1) is 17.8 Å². The molecule has 0 radical (unpaired) electrons. The van der Waals surface area contributed by atoms with Gasteiger partial charge >= 0.3 is 6.01 Å². The summed E-state index contributed by atoms with van der Waals surface area (Å²) < 4.78 is 27.5. The Morgan fingerprint density at radius 1 is 1.24 bits per heavy atom. The number of benzene rings is 1. The highest BCUT2D eigenvalue weighted by atomic mass is 19.1. The number of piperidine rings is 1. The van der Waals surface area contributed by atoms with Gasteiger partial charge in [-0.05, 0) is 18.2 Å². The van der Waals surface area contributed by atoms with Crippen LogP contribution in [0.4, 0.5) is 10.4 Å². The molecule has 3 aromatic heterocycles. The number of rotatable bonds is 5. The molecule has 1 fully saturated rings. The Kier molecular flexibility index (Phi) is 5.34. The van der Waals surface area contributed by atoms with E-state index in [0.29, 0.717) is 41.8 Å². The third-order valence-electron chi connectivity index (χ3n) is 5.57. The third kappa shape index (κ3) is 3.95. The van der Waals surface area contributed by atoms with Crippen LogP contribution < -0.4 is 9.64 Å². The van der Waals surface area contributed by atoms with Crippen molar-refractivity contribution in [2.75, 3.05) is 18.0 Å². The number of nitriles is 1. The van der Waals surface area contributed by atoms with E-state index in [0.717, 1.165) is 12.8 Å².